The Bertz CT molecular complexity index is 674. The fourth-order valence-corrected chi connectivity index (χ4v) is 1.93. The first-order valence-corrected chi connectivity index (χ1v) is 6.03. The number of carboxylic acid groups (broad SMARTS) is 1. The van der Waals surface area contributed by atoms with Gasteiger partial charge in [-0.25, -0.2) is 0 Å². The smallest absolute Gasteiger partial charge is 0.323 e. The number of hydrogen-bond donors (Lipinski definition) is 2. The highest BCUT2D eigenvalue weighted by atomic mass is 16.4. The van der Waals surface area contributed by atoms with Gasteiger partial charge in [0.2, 0.25) is 0 Å². The molecule has 19 heavy (non-hydrogen) atoms. The molecule has 0 amide bonds. The normalized spacial score (nSPS) is 14.2. The summed E-state index contributed by atoms with van der Waals surface area (Å²) in [5.41, 5.74) is 4.98. The molecule has 0 bridgehead atoms. The average molecular weight is 260 g/mol. The Morgan fingerprint density at radius 2 is 2.00 bits per heavy atom. The summed E-state index contributed by atoms with van der Waals surface area (Å²) in [6, 6.07) is 10.7. The largest absolute Gasteiger partial charge is 0.480 e. The van der Waals surface area contributed by atoms with Crippen LogP contribution in [0.15, 0.2) is 41.2 Å². The molecular formula is C14H16N2O3. The summed E-state index contributed by atoms with van der Waals surface area (Å²) >= 11 is 0. The van der Waals surface area contributed by atoms with Crippen molar-refractivity contribution in [3.8, 4) is 0 Å². The number of carboxylic acids is 1. The van der Waals surface area contributed by atoms with Gasteiger partial charge in [-0.05, 0) is 30.9 Å². The summed E-state index contributed by atoms with van der Waals surface area (Å²) < 4.78 is 1.56. The Kier molecular flexibility index (Phi) is 3.40. The molecule has 5 heteroatoms. The van der Waals surface area contributed by atoms with Crippen LogP contribution in [0.3, 0.4) is 0 Å². The van der Waals surface area contributed by atoms with Crippen LogP contribution in [-0.4, -0.2) is 21.2 Å². The van der Waals surface area contributed by atoms with E-state index in [1.165, 1.54) is 13.0 Å². The van der Waals surface area contributed by atoms with E-state index >= 15 is 0 Å². The first-order chi connectivity index (χ1) is 8.92. The SMILES string of the molecule is C[C@](N)(CCn1c(=O)ccc2ccccc21)C(=O)O. The van der Waals surface area contributed by atoms with Crippen molar-refractivity contribution >= 4 is 16.9 Å². The van der Waals surface area contributed by atoms with E-state index in [1.54, 1.807) is 10.6 Å². The summed E-state index contributed by atoms with van der Waals surface area (Å²) in [5, 5.41) is 9.93. The number of nitrogens with two attached hydrogens (primary N) is 1. The topological polar surface area (TPSA) is 85.3 Å². The molecule has 0 aliphatic carbocycles. The van der Waals surface area contributed by atoms with Crippen molar-refractivity contribution in [2.24, 2.45) is 5.73 Å². The van der Waals surface area contributed by atoms with Crippen molar-refractivity contribution in [1.82, 2.24) is 4.57 Å². The fourth-order valence-electron chi connectivity index (χ4n) is 1.93. The number of hydrogen-bond acceptors (Lipinski definition) is 3. The molecular weight excluding hydrogens is 244 g/mol. The molecule has 0 spiro atoms. The maximum absolute atomic E-state index is 11.9. The van der Waals surface area contributed by atoms with Gasteiger partial charge >= 0.3 is 5.97 Å². The van der Waals surface area contributed by atoms with Crippen LogP contribution in [0.25, 0.3) is 10.9 Å². The van der Waals surface area contributed by atoms with E-state index in [1.807, 2.05) is 24.3 Å². The van der Waals surface area contributed by atoms with Gasteiger partial charge < -0.3 is 15.4 Å². The molecule has 1 atom stereocenters. The number of fused-ring (bicyclic) bond motifs is 1. The number of pyridine rings is 1. The molecule has 0 aliphatic rings. The molecule has 1 heterocycles. The zero-order valence-corrected chi connectivity index (χ0v) is 10.7. The Morgan fingerprint density at radius 1 is 1.32 bits per heavy atom. The maximum atomic E-state index is 11.9. The van der Waals surface area contributed by atoms with Gasteiger partial charge in [-0.1, -0.05) is 18.2 Å². The second kappa shape index (κ2) is 4.85. The zero-order valence-electron chi connectivity index (χ0n) is 10.7. The summed E-state index contributed by atoms with van der Waals surface area (Å²) in [7, 11) is 0. The van der Waals surface area contributed by atoms with Crippen LogP contribution in [0.5, 0.6) is 0 Å². The van der Waals surface area contributed by atoms with Crippen LogP contribution in [-0.2, 0) is 11.3 Å². The van der Waals surface area contributed by atoms with E-state index in [0.29, 0.717) is 0 Å². The molecule has 0 fully saturated rings. The molecule has 0 radical (unpaired) electrons. The molecule has 0 saturated heterocycles. The van der Waals surface area contributed by atoms with E-state index in [0.717, 1.165) is 10.9 Å². The van der Waals surface area contributed by atoms with Crippen molar-refractivity contribution in [1.29, 1.82) is 0 Å². The highest BCUT2D eigenvalue weighted by Crippen LogP contribution is 2.13. The predicted octanol–water partition coefficient (Wildman–Crippen LogP) is 1.19. The van der Waals surface area contributed by atoms with Gasteiger partial charge in [0.15, 0.2) is 0 Å². The summed E-state index contributed by atoms with van der Waals surface area (Å²) in [4.78, 5) is 22.9. The number of aromatic nitrogens is 1. The summed E-state index contributed by atoms with van der Waals surface area (Å²) in [6.45, 7) is 1.73. The molecule has 1 aromatic heterocycles. The van der Waals surface area contributed by atoms with Gasteiger partial charge in [0, 0.05) is 12.6 Å². The van der Waals surface area contributed by atoms with Crippen LogP contribution < -0.4 is 11.3 Å². The minimum Gasteiger partial charge on any atom is -0.480 e. The molecule has 0 unspecified atom stereocenters. The molecule has 5 nitrogen and oxygen atoms in total. The van der Waals surface area contributed by atoms with Crippen LogP contribution >= 0.6 is 0 Å². The van der Waals surface area contributed by atoms with Gasteiger partial charge in [0.1, 0.15) is 5.54 Å². The molecule has 3 N–H and O–H groups in total. The number of para-hydroxylation sites is 1. The molecule has 0 saturated carbocycles. The lowest BCUT2D eigenvalue weighted by Gasteiger charge is -2.20. The molecule has 2 aromatic rings. The van der Waals surface area contributed by atoms with E-state index < -0.39 is 11.5 Å². The third-order valence-electron chi connectivity index (χ3n) is 3.24. The molecule has 2 rings (SSSR count). The molecule has 0 aliphatic heterocycles. The van der Waals surface area contributed by atoms with E-state index in [-0.39, 0.29) is 18.5 Å². The number of carbonyl (C=O) groups is 1. The van der Waals surface area contributed by atoms with E-state index in [2.05, 4.69) is 0 Å². The average Bonchev–Trinajstić information content (AvgIpc) is 2.37. The second-order valence-corrected chi connectivity index (χ2v) is 4.85. The minimum absolute atomic E-state index is 0.153. The van der Waals surface area contributed by atoms with Crippen molar-refractivity contribution in [3.05, 3.63) is 46.8 Å². The van der Waals surface area contributed by atoms with E-state index in [9.17, 15) is 9.59 Å². The fraction of sp³-hybridized carbons (Fsp3) is 0.286. The first-order valence-electron chi connectivity index (χ1n) is 6.03. The zero-order chi connectivity index (χ0) is 14.0. The maximum Gasteiger partial charge on any atom is 0.323 e. The quantitative estimate of drug-likeness (QED) is 0.864. The minimum atomic E-state index is -1.34. The lowest BCUT2D eigenvalue weighted by atomic mass is 9.99. The van der Waals surface area contributed by atoms with Crippen molar-refractivity contribution < 1.29 is 9.90 Å². The highest BCUT2D eigenvalue weighted by molar-refractivity contribution is 5.79. The number of aliphatic carboxylic acids is 1. The summed E-state index contributed by atoms with van der Waals surface area (Å²) in [5.74, 6) is -1.07. The number of rotatable bonds is 4. The Morgan fingerprint density at radius 3 is 2.68 bits per heavy atom. The molecule has 100 valence electrons. The number of aryl methyl sites for hydroxylation is 1. The van der Waals surface area contributed by atoms with Crippen LogP contribution in [0.1, 0.15) is 13.3 Å². The Balaban J connectivity index is 2.38. The third kappa shape index (κ3) is 2.66. The number of benzene rings is 1. The van der Waals surface area contributed by atoms with Crippen molar-refractivity contribution in [2.75, 3.05) is 0 Å². The Hall–Kier alpha value is -2.14. The van der Waals surface area contributed by atoms with Gasteiger partial charge in [-0.2, -0.15) is 0 Å². The predicted molar refractivity (Wildman–Crippen MR) is 73.1 cm³/mol. The standard InChI is InChI=1S/C14H16N2O3/c1-14(15,13(18)19)8-9-16-11-5-3-2-4-10(11)6-7-12(16)17/h2-7H,8-9,15H2,1H3,(H,18,19)/t14-/m0/s1. The summed E-state index contributed by atoms with van der Waals surface area (Å²) in [6.07, 6.45) is 0.191. The van der Waals surface area contributed by atoms with Gasteiger partial charge in [0.25, 0.3) is 5.56 Å². The Labute approximate surface area is 110 Å². The van der Waals surface area contributed by atoms with Crippen LogP contribution in [0.4, 0.5) is 0 Å². The lowest BCUT2D eigenvalue weighted by Crippen LogP contribution is -2.46. The highest BCUT2D eigenvalue weighted by Gasteiger charge is 2.27. The van der Waals surface area contributed by atoms with E-state index in [4.69, 9.17) is 10.8 Å². The number of nitrogens with zero attached hydrogens (tertiary/aromatic N) is 1. The third-order valence-corrected chi connectivity index (χ3v) is 3.24. The van der Waals surface area contributed by atoms with Gasteiger partial charge in [0.05, 0.1) is 5.52 Å². The van der Waals surface area contributed by atoms with Gasteiger partial charge in [-0.15, -0.1) is 0 Å². The van der Waals surface area contributed by atoms with Crippen molar-refractivity contribution in [3.63, 3.8) is 0 Å². The van der Waals surface area contributed by atoms with Gasteiger partial charge in [-0.3, -0.25) is 9.59 Å². The monoisotopic (exact) mass is 260 g/mol. The second-order valence-electron chi connectivity index (χ2n) is 4.85. The lowest BCUT2D eigenvalue weighted by molar-refractivity contribution is -0.143. The first kappa shape index (κ1) is 13.3. The van der Waals surface area contributed by atoms with Crippen molar-refractivity contribution in [2.45, 2.75) is 25.4 Å². The molecule has 1 aromatic carbocycles. The van der Waals surface area contributed by atoms with Crippen LogP contribution in [0.2, 0.25) is 0 Å². The van der Waals surface area contributed by atoms with Crippen LogP contribution in [0, 0.1) is 0 Å².